The molecule has 1 aliphatic heterocycles. The Hall–Kier alpha value is -2.68. The van der Waals surface area contributed by atoms with Gasteiger partial charge in [0.1, 0.15) is 17.3 Å². The van der Waals surface area contributed by atoms with E-state index in [0.717, 1.165) is 18.7 Å². The molecule has 0 spiro atoms. The first-order chi connectivity index (χ1) is 14.0. The van der Waals surface area contributed by atoms with E-state index in [1.54, 1.807) is 7.05 Å². The molecule has 152 valence electrons. The molecule has 1 unspecified atom stereocenters. The molecule has 0 saturated heterocycles. The number of aryl methyl sites for hydroxylation is 1. The lowest BCUT2D eigenvalue weighted by Crippen LogP contribution is -2.28. The molecule has 0 radical (unpaired) electrons. The van der Waals surface area contributed by atoms with Crippen LogP contribution in [0.25, 0.3) is 0 Å². The number of nitrogens with one attached hydrogen (secondary N) is 2. The van der Waals surface area contributed by atoms with Gasteiger partial charge in [0.15, 0.2) is 0 Å². The summed E-state index contributed by atoms with van der Waals surface area (Å²) in [5.74, 6) is 0.742. The first-order valence-corrected chi connectivity index (χ1v) is 11.0. The number of sulfonamides is 1. The Morgan fingerprint density at radius 1 is 1.24 bits per heavy atom. The molecule has 0 bridgehead atoms. The van der Waals surface area contributed by atoms with E-state index < -0.39 is 10.0 Å². The Balaban J connectivity index is 1.34. The highest BCUT2D eigenvalue weighted by molar-refractivity contribution is 7.89. The van der Waals surface area contributed by atoms with Crippen molar-refractivity contribution < 1.29 is 13.2 Å². The van der Waals surface area contributed by atoms with Gasteiger partial charge < -0.3 is 10.1 Å². The maximum atomic E-state index is 12.2. The van der Waals surface area contributed by atoms with Crippen molar-refractivity contribution in [2.45, 2.75) is 23.9 Å². The highest BCUT2D eigenvalue weighted by Gasteiger charge is 2.22. The Kier molecular flexibility index (Phi) is 5.66. The first-order valence-electron chi connectivity index (χ1n) is 9.52. The second-order valence-corrected chi connectivity index (χ2v) is 8.85. The van der Waals surface area contributed by atoms with Crippen LogP contribution in [0.2, 0.25) is 0 Å². The van der Waals surface area contributed by atoms with Gasteiger partial charge in [-0.1, -0.05) is 36.4 Å². The summed E-state index contributed by atoms with van der Waals surface area (Å²) in [5, 5.41) is 7.44. The predicted molar refractivity (Wildman–Crippen MR) is 110 cm³/mol. The monoisotopic (exact) mass is 412 g/mol. The van der Waals surface area contributed by atoms with Crippen molar-refractivity contribution in [3.8, 4) is 5.75 Å². The normalized spacial score (nSPS) is 16.0. The third kappa shape index (κ3) is 4.67. The molecular formula is C21H24N4O3S. The zero-order valence-corrected chi connectivity index (χ0v) is 17.0. The lowest BCUT2D eigenvalue weighted by Gasteiger charge is -2.14. The molecule has 2 heterocycles. The van der Waals surface area contributed by atoms with E-state index in [1.165, 1.54) is 33.8 Å². The van der Waals surface area contributed by atoms with Crippen molar-refractivity contribution in [2.24, 2.45) is 7.05 Å². The van der Waals surface area contributed by atoms with Crippen molar-refractivity contribution >= 4 is 10.0 Å². The molecule has 2 aromatic carbocycles. The predicted octanol–water partition coefficient (Wildman–Crippen LogP) is 2.16. The van der Waals surface area contributed by atoms with Gasteiger partial charge >= 0.3 is 0 Å². The molecule has 29 heavy (non-hydrogen) atoms. The molecule has 1 aliphatic rings. The summed E-state index contributed by atoms with van der Waals surface area (Å²) in [6.07, 6.45) is 3.70. The van der Waals surface area contributed by atoms with Gasteiger partial charge in [0.25, 0.3) is 0 Å². The SMILES string of the molecule is Cn1cc(S(=O)(=O)NCCOc2ccc3c(c2)C(Cc2ccccc2)NC3)cn1. The van der Waals surface area contributed by atoms with Crippen LogP contribution in [0.4, 0.5) is 0 Å². The Bertz CT molecular complexity index is 1080. The molecule has 2 N–H and O–H groups in total. The van der Waals surface area contributed by atoms with Crippen molar-refractivity contribution in [1.29, 1.82) is 0 Å². The largest absolute Gasteiger partial charge is 0.492 e. The van der Waals surface area contributed by atoms with Gasteiger partial charge in [-0.25, -0.2) is 13.1 Å². The second kappa shape index (κ2) is 8.36. The van der Waals surface area contributed by atoms with Crippen LogP contribution in [-0.2, 0) is 30.0 Å². The summed E-state index contributed by atoms with van der Waals surface area (Å²) in [6, 6.07) is 16.7. The number of hydrogen-bond donors (Lipinski definition) is 2. The van der Waals surface area contributed by atoms with E-state index in [1.807, 2.05) is 12.1 Å². The fourth-order valence-electron chi connectivity index (χ4n) is 3.49. The maximum Gasteiger partial charge on any atom is 0.243 e. The van der Waals surface area contributed by atoms with E-state index >= 15 is 0 Å². The van der Waals surface area contributed by atoms with Crippen LogP contribution in [0, 0.1) is 0 Å². The number of ether oxygens (including phenoxy) is 1. The topological polar surface area (TPSA) is 85.2 Å². The summed E-state index contributed by atoms with van der Waals surface area (Å²) < 4.78 is 34.2. The van der Waals surface area contributed by atoms with Crippen LogP contribution in [0.3, 0.4) is 0 Å². The lowest BCUT2D eigenvalue weighted by atomic mass is 9.98. The minimum atomic E-state index is -3.57. The van der Waals surface area contributed by atoms with Crippen LogP contribution < -0.4 is 14.8 Å². The summed E-state index contributed by atoms with van der Waals surface area (Å²) in [4.78, 5) is 0.146. The van der Waals surface area contributed by atoms with Crippen molar-refractivity contribution in [2.75, 3.05) is 13.2 Å². The van der Waals surface area contributed by atoms with E-state index in [9.17, 15) is 8.42 Å². The van der Waals surface area contributed by atoms with E-state index in [0.29, 0.717) is 0 Å². The molecule has 4 rings (SSSR count). The molecule has 3 aromatic rings. The second-order valence-electron chi connectivity index (χ2n) is 7.08. The molecule has 8 heteroatoms. The Morgan fingerprint density at radius 2 is 2.07 bits per heavy atom. The average molecular weight is 413 g/mol. The van der Waals surface area contributed by atoms with E-state index in [2.05, 4.69) is 51.5 Å². The van der Waals surface area contributed by atoms with Gasteiger partial charge in [-0.05, 0) is 35.2 Å². The van der Waals surface area contributed by atoms with Crippen LogP contribution in [-0.4, -0.2) is 31.3 Å². The third-order valence-electron chi connectivity index (χ3n) is 4.97. The number of aromatic nitrogens is 2. The highest BCUT2D eigenvalue weighted by Crippen LogP contribution is 2.31. The molecule has 0 aliphatic carbocycles. The fraction of sp³-hybridized carbons (Fsp3) is 0.286. The number of benzene rings is 2. The van der Waals surface area contributed by atoms with Gasteiger partial charge in [0, 0.05) is 32.4 Å². The summed E-state index contributed by atoms with van der Waals surface area (Å²) in [6.45, 7) is 1.27. The summed E-state index contributed by atoms with van der Waals surface area (Å²) in [5.41, 5.74) is 3.80. The van der Waals surface area contributed by atoms with Crippen molar-refractivity contribution in [3.05, 3.63) is 77.6 Å². The third-order valence-corrected chi connectivity index (χ3v) is 6.38. The van der Waals surface area contributed by atoms with Crippen molar-refractivity contribution in [1.82, 2.24) is 19.8 Å². The number of hydrogen-bond acceptors (Lipinski definition) is 5. The molecule has 1 aromatic heterocycles. The zero-order chi connectivity index (χ0) is 20.3. The maximum absolute atomic E-state index is 12.2. The number of nitrogens with zero attached hydrogens (tertiary/aromatic N) is 2. The van der Waals surface area contributed by atoms with Gasteiger partial charge in [0.2, 0.25) is 10.0 Å². The van der Waals surface area contributed by atoms with Gasteiger partial charge in [-0.15, -0.1) is 0 Å². The molecule has 0 amide bonds. The molecule has 7 nitrogen and oxygen atoms in total. The number of rotatable bonds is 8. The first kappa shape index (κ1) is 19.6. The summed E-state index contributed by atoms with van der Waals surface area (Å²) in [7, 11) is -1.89. The van der Waals surface area contributed by atoms with E-state index in [-0.39, 0.29) is 24.1 Å². The average Bonchev–Trinajstić information content (AvgIpc) is 3.33. The smallest absolute Gasteiger partial charge is 0.243 e. The van der Waals surface area contributed by atoms with Crippen LogP contribution >= 0.6 is 0 Å². The van der Waals surface area contributed by atoms with Gasteiger partial charge in [0.05, 0.1) is 6.20 Å². The summed E-state index contributed by atoms with van der Waals surface area (Å²) >= 11 is 0. The lowest BCUT2D eigenvalue weighted by molar-refractivity contribution is 0.322. The molecule has 1 atom stereocenters. The quantitative estimate of drug-likeness (QED) is 0.554. The van der Waals surface area contributed by atoms with Gasteiger partial charge in [-0.3, -0.25) is 4.68 Å². The fourth-order valence-corrected chi connectivity index (χ4v) is 4.48. The molecular weight excluding hydrogens is 388 g/mol. The van der Waals surface area contributed by atoms with Crippen molar-refractivity contribution in [3.63, 3.8) is 0 Å². The molecule has 0 fully saturated rings. The number of fused-ring (bicyclic) bond motifs is 1. The van der Waals surface area contributed by atoms with E-state index in [4.69, 9.17) is 4.74 Å². The Labute approximate surface area is 170 Å². The highest BCUT2D eigenvalue weighted by atomic mass is 32.2. The zero-order valence-electron chi connectivity index (χ0n) is 16.2. The molecule has 0 saturated carbocycles. The minimum absolute atomic E-state index is 0.146. The van der Waals surface area contributed by atoms with Crippen LogP contribution in [0.15, 0.2) is 65.8 Å². The van der Waals surface area contributed by atoms with Crippen LogP contribution in [0.5, 0.6) is 5.75 Å². The Morgan fingerprint density at radius 3 is 2.83 bits per heavy atom. The van der Waals surface area contributed by atoms with Crippen LogP contribution in [0.1, 0.15) is 22.7 Å². The van der Waals surface area contributed by atoms with Gasteiger partial charge in [-0.2, -0.15) is 5.10 Å². The standard InChI is InChI=1S/C21H24N4O3S/c1-25-15-19(14-23-25)29(26,27)24-9-10-28-18-8-7-17-13-22-21(20(17)12-18)11-16-5-3-2-4-6-16/h2-8,12,14-15,21-22,24H,9-11,13H2,1H3. The minimum Gasteiger partial charge on any atom is -0.492 e.